The molecule has 0 fully saturated rings. The number of carbonyl (C=O) groups excluding carboxylic acids is 1. The van der Waals surface area contributed by atoms with Crippen LogP contribution < -0.4 is 14.8 Å². The minimum absolute atomic E-state index is 0.0598. The van der Waals surface area contributed by atoms with Crippen molar-refractivity contribution in [2.45, 2.75) is 6.42 Å². The highest BCUT2D eigenvalue weighted by Gasteiger charge is 2.10. The fraction of sp³-hybridized carbons (Fsp3) is 0.190. The topological polar surface area (TPSA) is 109 Å². The summed E-state index contributed by atoms with van der Waals surface area (Å²) >= 11 is 0. The Bertz CT molecular complexity index is 927. The number of nitrogens with zero attached hydrogens (tertiary/aromatic N) is 1. The summed E-state index contributed by atoms with van der Waals surface area (Å²) in [4.78, 5) is 23.1. The third kappa shape index (κ3) is 5.35. The second-order valence-electron chi connectivity index (χ2n) is 5.79. The molecule has 28 heavy (non-hydrogen) atoms. The standard InChI is InChI=1S/C21H20N2O5/c1-27-18-8-5-15(12-19(18)28-2)9-10-23-20(24)17(13-22)11-14-3-6-16(7-4-14)21(25)26/h3-8,11-12H,9-10H2,1-2H3,(H,23,24)(H,25,26)/b17-11-. The molecule has 0 saturated heterocycles. The number of carbonyl (C=O) groups is 2. The van der Waals surface area contributed by atoms with Crippen molar-refractivity contribution in [2.24, 2.45) is 0 Å². The molecular formula is C21H20N2O5. The minimum atomic E-state index is -1.04. The second kappa shape index (κ2) is 9.78. The molecule has 0 saturated carbocycles. The highest BCUT2D eigenvalue weighted by Crippen LogP contribution is 2.27. The Kier molecular flexibility index (Phi) is 7.17. The zero-order chi connectivity index (χ0) is 20.5. The molecule has 0 unspecified atom stereocenters. The van der Waals surface area contributed by atoms with Gasteiger partial charge >= 0.3 is 5.97 Å². The molecule has 0 aromatic heterocycles. The number of carboxylic acid groups (broad SMARTS) is 1. The number of nitrogens with one attached hydrogen (secondary N) is 1. The van der Waals surface area contributed by atoms with E-state index in [1.807, 2.05) is 18.2 Å². The number of methoxy groups -OCH3 is 2. The first-order valence-corrected chi connectivity index (χ1v) is 8.42. The third-order valence-corrected chi connectivity index (χ3v) is 3.98. The highest BCUT2D eigenvalue weighted by molar-refractivity contribution is 6.01. The normalized spacial score (nSPS) is 10.7. The summed E-state index contributed by atoms with van der Waals surface area (Å²) in [5.74, 6) is -0.304. The predicted molar refractivity (Wildman–Crippen MR) is 103 cm³/mol. The molecule has 7 heteroatoms. The molecule has 144 valence electrons. The van der Waals surface area contributed by atoms with Crippen LogP contribution in [0.5, 0.6) is 11.5 Å². The first kappa shape index (κ1) is 20.5. The van der Waals surface area contributed by atoms with E-state index in [0.29, 0.717) is 30.0 Å². The van der Waals surface area contributed by atoms with Gasteiger partial charge in [0.05, 0.1) is 19.8 Å². The van der Waals surface area contributed by atoms with Crippen molar-refractivity contribution in [2.75, 3.05) is 20.8 Å². The van der Waals surface area contributed by atoms with Crippen LogP contribution in [0.25, 0.3) is 6.08 Å². The molecule has 0 radical (unpaired) electrons. The average Bonchev–Trinajstić information content (AvgIpc) is 2.71. The zero-order valence-electron chi connectivity index (χ0n) is 15.6. The summed E-state index contributed by atoms with van der Waals surface area (Å²) in [6.07, 6.45) is 1.97. The van der Waals surface area contributed by atoms with Gasteiger partial charge in [-0.25, -0.2) is 4.79 Å². The number of hydrogen-bond donors (Lipinski definition) is 2. The maximum Gasteiger partial charge on any atom is 0.335 e. The van der Waals surface area contributed by atoms with Crippen LogP contribution in [0.3, 0.4) is 0 Å². The molecule has 0 spiro atoms. The van der Waals surface area contributed by atoms with Crippen molar-refractivity contribution in [3.63, 3.8) is 0 Å². The van der Waals surface area contributed by atoms with Crippen LogP contribution in [0.2, 0.25) is 0 Å². The summed E-state index contributed by atoms with van der Waals surface area (Å²) in [6, 6.07) is 13.3. The van der Waals surface area contributed by atoms with Crippen molar-refractivity contribution in [3.05, 3.63) is 64.7 Å². The summed E-state index contributed by atoms with van der Waals surface area (Å²) in [6.45, 7) is 0.339. The van der Waals surface area contributed by atoms with E-state index in [-0.39, 0.29) is 11.1 Å². The smallest absolute Gasteiger partial charge is 0.335 e. The molecule has 7 nitrogen and oxygen atoms in total. The maximum atomic E-state index is 12.2. The Morgan fingerprint density at radius 3 is 2.36 bits per heavy atom. The van der Waals surface area contributed by atoms with Gasteiger partial charge in [0.25, 0.3) is 5.91 Å². The van der Waals surface area contributed by atoms with Gasteiger partial charge in [-0.05, 0) is 47.9 Å². The van der Waals surface area contributed by atoms with Crippen LogP contribution >= 0.6 is 0 Å². The molecule has 1 amide bonds. The Labute approximate surface area is 162 Å². The van der Waals surface area contributed by atoms with Crippen molar-refractivity contribution in [1.29, 1.82) is 5.26 Å². The number of hydrogen-bond acceptors (Lipinski definition) is 5. The molecule has 0 bridgehead atoms. The molecule has 0 aliphatic rings. The summed E-state index contributed by atoms with van der Waals surface area (Å²) < 4.78 is 10.4. The first-order chi connectivity index (χ1) is 13.5. The largest absolute Gasteiger partial charge is 0.493 e. The third-order valence-electron chi connectivity index (χ3n) is 3.98. The van der Waals surface area contributed by atoms with Gasteiger partial charge in [-0.2, -0.15) is 5.26 Å². The van der Waals surface area contributed by atoms with E-state index < -0.39 is 11.9 Å². The fourth-order valence-corrected chi connectivity index (χ4v) is 2.49. The summed E-state index contributed by atoms with van der Waals surface area (Å²) in [5.41, 5.74) is 1.59. The van der Waals surface area contributed by atoms with Crippen molar-refractivity contribution in [1.82, 2.24) is 5.32 Å². The van der Waals surface area contributed by atoms with Crippen LogP contribution in [0, 0.1) is 11.3 Å². The van der Waals surface area contributed by atoms with Gasteiger partial charge in [0.1, 0.15) is 11.6 Å². The molecular weight excluding hydrogens is 360 g/mol. The number of aromatic carboxylic acids is 1. The van der Waals surface area contributed by atoms with E-state index in [2.05, 4.69) is 5.32 Å². The number of rotatable bonds is 8. The lowest BCUT2D eigenvalue weighted by atomic mass is 10.1. The van der Waals surface area contributed by atoms with E-state index >= 15 is 0 Å². The van der Waals surface area contributed by atoms with Crippen molar-refractivity contribution >= 4 is 18.0 Å². The summed E-state index contributed by atoms with van der Waals surface area (Å²) in [5, 5.41) is 20.8. The van der Waals surface area contributed by atoms with Crippen molar-refractivity contribution < 1.29 is 24.2 Å². The number of carboxylic acids is 1. The number of amides is 1. The van der Waals surface area contributed by atoms with Crippen LogP contribution in [0.1, 0.15) is 21.5 Å². The molecule has 2 aromatic rings. The predicted octanol–water partition coefficient (Wildman–Crippen LogP) is 2.67. The molecule has 0 atom stereocenters. The Morgan fingerprint density at radius 2 is 1.79 bits per heavy atom. The van der Waals surface area contributed by atoms with Crippen LogP contribution in [0.4, 0.5) is 0 Å². The minimum Gasteiger partial charge on any atom is -0.493 e. The quantitative estimate of drug-likeness (QED) is 0.538. The fourth-order valence-electron chi connectivity index (χ4n) is 2.49. The lowest BCUT2D eigenvalue weighted by Crippen LogP contribution is -2.26. The Hall–Kier alpha value is -3.79. The van der Waals surface area contributed by atoms with Gasteiger partial charge < -0.3 is 19.9 Å². The lowest BCUT2D eigenvalue weighted by Gasteiger charge is -2.10. The van der Waals surface area contributed by atoms with Gasteiger partial charge in [-0.1, -0.05) is 18.2 Å². The molecule has 2 aromatic carbocycles. The average molecular weight is 380 g/mol. The Morgan fingerprint density at radius 1 is 1.11 bits per heavy atom. The molecule has 0 aliphatic heterocycles. The monoisotopic (exact) mass is 380 g/mol. The first-order valence-electron chi connectivity index (χ1n) is 8.42. The molecule has 0 heterocycles. The molecule has 2 N–H and O–H groups in total. The second-order valence-corrected chi connectivity index (χ2v) is 5.79. The van der Waals surface area contributed by atoms with Crippen molar-refractivity contribution in [3.8, 4) is 17.6 Å². The van der Waals surface area contributed by atoms with Gasteiger partial charge in [0.15, 0.2) is 11.5 Å². The van der Waals surface area contributed by atoms with Crippen LogP contribution in [-0.4, -0.2) is 37.7 Å². The van der Waals surface area contributed by atoms with E-state index in [4.69, 9.17) is 14.6 Å². The molecule has 2 rings (SSSR count). The van der Waals surface area contributed by atoms with E-state index in [1.165, 1.54) is 30.3 Å². The SMILES string of the molecule is COc1ccc(CCNC(=O)/C(C#N)=C\c2ccc(C(=O)O)cc2)cc1OC. The maximum absolute atomic E-state index is 12.2. The van der Waals surface area contributed by atoms with Crippen LogP contribution in [-0.2, 0) is 11.2 Å². The van der Waals surface area contributed by atoms with E-state index in [9.17, 15) is 14.9 Å². The highest BCUT2D eigenvalue weighted by atomic mass is 16.5. The van der Waals surface area contributed by atoms with Crippen LogP contribution in [0.15, 0.2) is 48.0 Å². The lowest BCUT2D eigenvalue weighted by molar-refractivity contribution is -0.117. The number of benzene rings is 2. The van der Waals surface area contributed by atoms with Gasteiger partial charge in [-0.15, -0.1) is 0 Å². The zero-order valence-corrected chi connectivity index (χ0v) is 15.6. The number of nitriles is 1. The Balaban J connectivity index is 1.99. The van der Waals surface area contributed by atoms with Gasteiger partial charge in [0, 0.05) is 6.54 Å². The van der Waals surface area contributed by atoms with Gasteiger partial charge in [-0.3, -0.25) is 4.79 Å². The number of ether oxygens (including phenoxy) is 2. The molecule has 0 aliphatic carbocycles. The van der Waals surface area contributed by atoms with Gasteiger partial charge in [0.2, 0.25) is 0 Å². The van der Waals surface area contributed by atoms with E-state index in [0.717, 1.165) is 5.56 Å². The van der Waals surface area contributed by atoms with E-state index in [1.54, 1.807) is 20.3 Å². The summed E-state index contributed by atoms with van der Waals surface area (Å²) in [7, 11) is 3.11.